The zero-order valence-electron chi connectivity index (χ0n) is 11.7. The highest BCUT2D eigenvalue weighted by atomic mass is 32.2. The van der Waals surface area contributed by atoms with Crippen molar-refractivity contribution >= 4 is 23.6 Å². The van der Waals surface area contributed by atoms with E-state index in [0.29, 0.717) is 13.1 Å². The average Bonchev–Trinajstić information content (AvgIpc) is 2.44. The van der Waals surface area contributed by atoms with Crippen LogP contribution in [-0.4, -0.2) is 47.0 Å². The molecule has 0 aromatic heterocycles. The van der Waals surface area contributed by atoms with Gasteiger partial charge in [0.05, 0.1) is 18.6 Å². The van der Waals surface area contributed by atoms with Crippen LogP contribution in [0.3, 0.4) is 0 Å². The van der Waals surface area contributed by atoms with Crippen LogP contribution in [0, 0.1) is 0 Å². The molecule has 110 valence electrons. The normalized spacial score (nSPS) is 10.1. The number of thioether (sulfide) groups is 1. The monoisotopic (exact) mass is 297 g/mol. The van der Waals surface area contributed by atoms with Gasteiger partial charge in [0.15, 0.2) is 0 Å². The second-order valence-electron chi connectivity index (χ2n) is 4.14. The molecule has 20 heavy (non-hydrogen) atoms. The number of ether oxygens (including phenoxy) is 1. The second kappa shape index (κ2) is 8.47. The van der Waals surface area contributed by atoms with Crippen molar-refractivity contribution in [3.63, 3.8) is 0 Å². The van der Waals surface area contributed by atoms with Crippen LogP contribution in [0.4, 0.5) is 0 Å². The predicted molar refractivity (Wildman–Crippen MR) is 79.0 cm³/mol. The summed E-state index contributed by atoms with van der Waals surface area (Å²) in [5.41, 5.74) is 1.02. The van der Waals surface area contributed by atoms with Crippen LogP contribution in [0.5, 0.6) is 5.75 Å². The lowest BCUT2D eigenvalue weighted by atomic mass is 10.2. The fourth-order valence-corrected chi connectivity index (χ4v) is 2.28. The van der Waals surface area contributed by atoms with Gasteiger partial charge >= 0.3 is 5.97 Å². The van der Waals surface area contributed by atoms with Crippen LogP contribution < -0.4 is 4.74 Å². The van der Waals surface area contributed by atoms with Crippen molar-refractivity contribution in [2.45, 2.75) is 13.5 Å². The molecule has 1 amide bonds. The molecule has 5 nitrogen and oxygen atoms in total. The van der Waals surface area contributed by atoms with Crippen LogP contribution in [0.1, 0.15) is 12.5 Å². The van der Waals surface area contributed by atoms with Gasteiger partial charge in [0.1, 0.15) is 5.75 Å². The first kappa shape index (κ1) is 16.4. The Bertz CT molecular complexity index is 447. The van der Waals surface area contributed by atoms with Gasteiger partial charge in [0.25, 0.3) is 0 Å². The lowest BCUT2D eigenvalue weighted by Crippen LogP contribution is -2.32. The van der Waals surface area contributed by atoms with Crippen LogP contribution in [0.15, 0.2) is 24.3 Å². The smallest absolute Gasteiger partial charge is 0.313 e. The molecule has 0 heterocycles. The van der Waals surface area contributed by atoms with Gasteiger partial charge in [-0.1, -0.05) is 12.1 Å². The molecule has 6 heteroatoms. The molecule has 1 N–H and O–H groups in total. The molecule has 0 fully saturated rings. The van der Waals surface area contributed by atoms with Gasteiger partial charge in [-0.3, -0.25) is 9.59 Å². The standard InChI is InChI=1S/C14H19NO4S/c1-3-15(13(16)9-20-10-14(17)18)8-11-4-6-12(19-2)7-5-11/h4-7H,3,8-10H2,1-2H3,(H,17,18). The van der Waals surface area contributed by atoms with E-state index in [1.807, 2.05) is 31.2 Å². The summed E-state index contributed by atoms with van der Waals surface area (Å²) in [6, 6.07) is 7.54. The Kier molecular flexibility index (Phi) is 6.93. The number of carboxylic acid groups (broad SMARTS) is 1. The van der Waals surface area contributed by atoms with Crippen molar-refractivity contribution in [1.29, 1.82) is 0 Å². The lowest BCUT2D eigenvalue weighted by Gasteiger charge is -2.20. The Hall–Kier alpha value is -1.69. The van der Waals surface area contributed by atoms with Crippen molar-refractivity contribution in [2.24, 2.45) is 0 Å². The van der Waals surface area contributed by atoms with Crippen LogP contribution in [-0.2, 0) is 16.1 Å². The summed E-state index contributed by atoms with van der Waals surface area (Å²) in [6.07, 6.45) is 0. The number of hydrogen-bond acceptors (Lipinski definition) is 4. The highest BCUT2D eigenvalue weighted by Crippen LogP contribution is 2.13. The lowest BCUT2D eigenvalue weighted by molar-refractivity contribution is -0.133. The summed E-state index contributed by atoms with van der Waals surface area (Å²) >= 11 is 1.12. The number of amides is 1. The maximum absolute atomic E-state index is 12.0. The van der Waals surface area contributed by atoms with Crippen molar-refractivity contribution in [1.82, 2.24) is 4.90 Å². The van der Waals surface area contributed by atoms with E-state index in [4.69, 9.17) is 9.84 Å². The molecule has 1 rings (SSSR count). The van der Waals surface area contributed by atoms with Gasteiger partial charge < -0.3 is 14.7 Å². The van der Waals surface area contributed by atoms with Crippen LogP contribution in [0.2, 0.25) is 0 Å². The van der Waals surface area contributed by atoms with Gasteiger partial charge in [-0.15, -0.1) is 11.8 Å². The number of rotatable bonds is 8. The summed E-state index contributed by atoms with van der Waals surface area (Å²) in [6.45, 7) is 3.02. The van der Waals surface area contributed by atoms with Gasteiger partial charge in [0.2, 0.25) is 5.91 Å². The molecular formula is C14H19NO4S. The number of carboxylic acids is 1. The molecule has 0 bridgehead atoms. The molecule has 0 aliphatic carbocycles. The van der Waals surface area contributed by atoms with Crippen LogP contribution in [0.25, 0.3) is 0 Å². The Balaban J connectivity index is 2.52. The van der Waals surface area contributed by atoms with E-state index < -0.39 is 5.97 Å². The summed E-state index contributed by atoms with van der Waals surface area (Å²) in [7, 11) is 1.61. The first-order chi connectivity index (χ1) is 9.56. The van der Waals surface area contributed by atoms with Crippen LogP contribution >= 0.6 is 11.8 Å². The van der Waals surface area contributed by atoms with Gasteiger partial charge in [-0.25, -0.2) is 0 Å². The first-order valence-electron chi connectivity index (χ1n) is 6.27. The zero-order valence-corrected chi connectivity index (χ0v) is 12.5. The summed E-state index contributed by atoms with van der Waals surface area (Å²) in [4.78, 5) is 24.1. The number of hydrogen-bond donors (Lipinski definition) is 1. The molecule has 0 radical (unpaired) electrons. The van der Waals surface area contributed by atoms with E-state index in [0.717, 1.165) is 23.1 Å². The number of methoxy groups -OCH3 is 1. The summed E-state index contributed by atoms with van der Waals surface area (Å²) in [5.74, 6) is -0.0296. The number of carbonyl (C=O) groups excluding carboxylic acids is 1. The number of nitrogens with zero attached hydrogens (tertiary/aromatic N) is 1. The van der Waals surface area contributed by atoms with Crippen molar-refractivity contribution in [3.05, 3.63) is 29.8 Å². The number of benzene rings is 1. The number of aliphatic carboxylic acids is 1. The van der Waals surface area contributed by atoms with Gasteiger partial charge in [-0.2, -0.15) is 0 Å². The van der Waals surface area contributed by atoms with E-state index in [2.05, 4.69) is 0 Å². The molecule has 0 aliphatic rings. The average molecular weight is 297 g/mol. The Morgan fingerprint density at radius 1 is 1.25 bits per heavy atom. The Morgan fingerprint density at radius 3 is 2.40 bits per heavy atom. The van der Waals surface area contributed by atoms with Crippen molar-refractivity contribution in [3.8, 4) is 5.75 Å². The Labute approximate surface area is 122 Å². The number of carbonyl (C=O) groups is 2. The predicted octanol–water partition coefficient (Wildman–Crippen LogP) is 1.86. The van der Waals surface area contributed by atoms with Crippen molar-refractivity contribution in [2.75, 3.05) is 25.2 Å². The van der Waals surface area contributed by atoms with E-state index in [-0.39, 0.29) is 17.4 Å². The minimum absolute atomic E-state index is 0.0467. The maximum atomic E-state index is 12.0. The molecule has 0 saturated carbocycles. The van der Waals surface area contributed by atoms with E-state index in [1.54, 1.807) is 12.0 Å². The second-order valence-corrected chi connectivity index (χ2v) is 5.13. The van der Waals surface area contributed by atoms with Gasteiger partial charge in [-0.05, 0) is 24.6 Å². The molecule has 1 aromatic rings. The fraction of sp³-hybridized carbons (Fsp3) is 0.429. The highest BCUT2D eigenvalue weighted by molar-refractivity contribution is 8.00. The zero-order chi connectivity index (χ0) is 15.0. The summed E-state index contributed by atoms with van der Waals surface area (Å²) < 4.78 is 5.08. The first-order valence-corrected chi connectivity index (χ1v) is 7.42. The third kappa shape index (κ3) is 5.52. The molecule has 0 aliphatic heterocycles. The summed E-state index contributed by atoms with van der Waals surface area (Å²) in [5, 5.41) is 8.55. The quantitative estimate of drug-likeness (QED) is 0.793. The molecular weight excluding hydrogens is 278 g/mol. The topological polar surface area (TPSA) is 66.8 Å². The third-order valence-corrected chi connectivity index (χ3v) is 3.62. The minimum atomic E-state index is -0.902. The van der Waals surface area contributed by atoms with Gasteiger partial charge in [0, 0.05) is 13.1 Å². The van der Waals surface area contributed by atoms with E-state index >= 15 is 0 Å². The largest absolute Gasteiger partial charge is 0.497 e. The molecule has 0 saturated heterocycles. The molecule has 0 spiro atoms. The Morgan fingerprint density at radius 2 is 1.90 bits per heavy atom. The molecule has 0 unspecified atom stereocenters. The highest BCUT2D eigenvalue weighted by Gasteiger charge is 2.13. The van der Waals surface area contributed by atoms with E-state index in [9.17, 15) is 9.59 Å². The van der Waals surface area contributed by atoms with E-state index in [1.165, 1.54) is 0 Å². The fourth-order valence-electron chi connectivity index (χ4n) is 1.64. The molecule has 1 aromatic carbocycles. The molecule has 0 atom stereocenters. The third-order valence-electron chi connectivity index (χ3n) is 2.72. The minimum Gasteiger partial charge on any atom is -0.497 e. The SMILES string of the molecule is CCN(Cc1ccc(OC)cc1)C(=O)CSCC(=O)O. The maximum Gasteiger partial charge on any atom is 0.313 e. The van der Waals surface area contributed by atoms with Crippen molar-refractivity contribution < 1.29 is 19.4 Å².